The molecule has 0 saturated carbocycles. The number of hydrogen-bond donors (Lipinski definition) is 1. The van der Waals surface area contributed by atoms with Crippen molar-refractivity contribution in [2.45, 2.75) is 6.54 Å². The van der Waals surface area contributed by atoms with Gasteiger partial charge in [-0.25, -0.2) is 4.98 Å². The number of benzene rings is 2. The first-order valence-corrected chi connectivity index (χ1v) is 8.17. The number of fused-ring (bicyclic) bond motifs is 2. The van der Waals surface area contributed by atoms with Crippen LogP contribution in [0.25, 0.3) is 21.9 Å². The molecule has 0 bridgehead atoms. The first-order valence-electron chi connectivity index (χ1n) is 7.41. The van der Waals surface area contributed by atoms with E-state index in [0.717, 1.165) is 16.4 Å². The van der Waals surface area contributed by atoms with Gasteiger partial charge in [0.25, 0.3) is 0 Å². The monoisotopic (exact) mass is 368 g/mol. The van der Waals surface area contributed by atoms with Crippen LogP contribution in [0.1, 0.15) is 15.9 Å². The number of imidazole rings is 1. The Morgan fingerprint density at radius 1 is 1.24 bits per heavy atom. The van der Waals surface area contributed by atoms with Gasteiger partial charge in [0.1, 0.15) is 0 Å². The van der Waals surface area contributed by atoms with Crippen molar-refractivity contribution < 1.29 is 4.79 Å². The van der Waals surface area contributed by atoms with E-state index in [4.69, 9.17) is 28.5 Å². The van der Waals surface area contributed by atoms with Gasteiger partial charge in [0.15, 0.2) is 5.78 Å². The van der Waals surface area contributed by atoms with Crippen molar-refractivity contribution in [1.29, 1.82) is 5.26 Å². The van der Waals surface area contributed by atoms with Crippen molar-refractivity contribution in [3.8, 4) is 6.07 Å². The Bertz CT molecular complexity index is 1180. The maximum atomic E-state index is 12.7. The van der Waals surface area contributed by atoms with Crippen molar-refractivity contribution in [3.63, 3.8) is 0 Å². The van der Waals surface area contributed by atoms with Gasteiger partial charge in [-0.05, 0) is 24.3 Å². The van der Waals surface area contributed by atoms with Gasteiger partial charge in [0, 0.05) is 22.7 Å². The van der Waals surface area contributed by atoms with Crippen LogP contribution < -0.4 is 0 Å². The predicted molar refractivity (Wildman–Crippen MR) is 97.1 cm³/mol. The second-order valence-corrected chi connectivity index (χ2v) is 6.44. The quantitative estimate of drug-likeness (QED) is 0.537. The molecule has 0 aliphatic heterocycles. The highest BCUT2D eigenvalue weighted by Crippen LogP contribution is 2.27. The highest BCUT2D eigenvalue weighted by atomic mass is 35.5. The lowest BCUT2D eigenvalue weighted by molar-refractivity contribution is 0.0975. The van der Waals surface area contributed by atoms with Gasteiger partial charge < -0.3 is 9.55 Å². The molecule has 2 aromatic heterocycles. The molecule has 2 aromatic carbocycles. The Kier molecular flexibility index (Phi) is 3.72. The van der Waals surface area contributed by atoms with Crippen LogP contribution in [0.2, 0.25) is 10.0 Å². The number of H-pyrrole nitrogens is 1. The Labute approximate surface area is 152 Å². The Hall–Kier alpha value is -2.81. The normalized spacial score (nSPS) is 11.1. The van der Waals surface area contributed by atoms with Gasteiger partial charge in [0.05, 0.1) is 45.6 Å². The van der Waals surface area contributed by atoms with Crippen molar-refractivity contribution in [2.24, 2.45) is 0 Å². The van der Waals surface area contributed by atoms with Crippen LogP contribution in [0.5, 0.6) is 0 Å². The fraction of sp³-hybridized carbons (Fsp3) is 0.0556. The third kappa shape index (κ3) is 2.66. The van der Waals surface area contributed by atoms with Gasteiger partial charge in [0.2, 0.25) is 0 Å². The smallest absolute Gasteiger partial charge is 0.184 e. The summed E-state index contributed by atoms with van der Waals surface area (Å²) in [4.78, 5) is 20.1. The summed E-state index contributed by atoms with van der Waals surface area (Å²) in [6.07, 6.45) is 3.26. The number of aromatic amines is 1. The van der Waals surface area contributed by atoms with Gasteiger partial charge in [-0.1, -0.05) is 29.3 Å². The van der Waals surface area contributed by atoms with Crippen molar-refractivity contribution in [1.82, 2.24) is 14.5 Å². The molecule has 2 heterocycles. The Morgan fingerprint density at radius 2 is 2.04 bits per heavy atom. The number of nitrogens with one attached hydrogen (secondary N) is 1. The van der Waals surface area contributed by atoms with Crippen molar-refractivity contribution in [3.05, 3.63) is 64.0 Å². The summed E-state index contributed by atoms with van der Waals surface area (Å²) < 4.78 is 1.74. The Morgan fingerprint density at radius 3 is 2.84 bits per heavy atom. The van der Waals surface area contributed by atoms with Crippen molar-refractivity contribution in [2.75, 3.05) is 0 Å². The summed E-state index contributed by atoms with van der Waals surface area (Å²) in [7, 11) is 0. The summed E-state index contributed by atoms with van der Waals surface area (Å²) in [6.45, 7) is 0.126. The number of rotatable bonds is 3. The van der Waals surface area contributed by atoms with Crippen molar-refractivity contribution >= 4 is 50.9 Å². The molecule has 0 unspecified atom stereocenters. The van der Waals surface area contributed by atoms with Crippen LogP contribution in [0.3, 0.4) is 0 Å². The lowest BCUT2D eigenvalue weighted by Crippen LogP contribution is -2.09. The maximum absolute atomic E-state index is 12.7. The van der Waals surface area contributed by atoms with E-state index in [-0.39, 0.29) is 12.3 Å². The molecule has 122 valence electrons. The lowest BCUT2D eigenvalue weighted by Gasteiger charge is -2.04. The summed E-state index contributed by atoms with van der Waals surface area (Å²) in [6, 6.07) is 10.7. The fourth-order valence-electron chi connectivity index (χ4n) is 2.85. The molecule has 0 spiro atoms. The molecular formula is C18H10Cl2N4O. The first kappa shape index (κ1) is 15.7. The van der Waals surface area contributed by atoms with Crippen LogP contribution in [-0.2, 0) is 6.54 Å². The first-order chi connectivity index (χ1) is 12.1. The van der Waals surface area contributed by atoms with E-state index in [0.29, 0.717) is 26.7 Å². The molecular weight excluding hydrogens is 359 g/mol. The van der Waals surface area contributed by atoms with E-state index >= 15 is 0 Å². The SMILES string of the molecule is N#Cc1ccc2c(C(=O)Cn3cnc4cc(Cl)c(Cl)cc43)c[nH]c2c1. The van der Waals surface area contributed by atoms with E-state index in [1.54, 1.807) is 47.4 Å². The molecule has 1 N–H and O–H groups in total. The van der Waals surface area contributed by atoms with Gasteiger partial charge in [-0.3, -0.25) is 4.79 Å². The van der Waals surface area contributed by atoms with E-state index in [2.05, 4.69) is 16.0 Å². The van der Waals surface area contributed by atoms with E-state index in [1.807, 2.05) is 0 Å². The number of carbonyl (C=O) groups excluding carboxylic acids is 1. The second-order valence-electron chi connectivity index (χ2n) is 5.63. The highest BCUT2D eigenvalue weighted by molar-refractivity contribution is 6.42. The number of halogens is 2. The second kappa shape index (κ2) is 5.92. The van der Waals surface area contributed by atoms with Gasteiger partial charge >= 0.3 is 0 Å². The summed E-state index contributed by atoms with van der Waals surface area (Å²) in [5.74, 6) is -0.0682. The number of nitrogens with zero attached hydrogens (tertiary/aromatic N) is 3. The minimum Gasteiger partial charge on any atom is -0.360 e. The molecule has 25 heavy (non-hydrogen) atoms. The number of carbonyl (C=O) groups is 1. The molecule has 0 aliphatic rings. The predicted octanol–water partition coefficient (Wildman–Crippen LogP) is 4.58. The van der Waals surface area contributed by atoms with E-state index in [9.17, 15) is 4.79 Å². The molecule has 5 nitrogen and oxygen atoms in total. The van der Waals surface area contributed by atoms with Gasteiger partial charge in [-0.15, -0.1) is 0 Å². The summed E-state index contributed by atoms with van der Waals surface area (Å²) in [5.41, 5.74) is 3.30. The van der Waals surface area contributed by atoms with Crippen LogP contribution in [0.15, 0.2) is 42.9 Å². The molecule has 0 fully saturated rings. The molecule has 4 aromatic rings. The van der Waals surface area contributed by atoms with Crippen LogP contribution in [0.4, 0.5) is 0 Å². The van der Waals surface area contributed by atoms with E-state index < -0.39 is 0 Å². The van der Waals surface area contributed by atoms with Crippen LogP contribution in [0, 0.1) is 11.3 Å². The molecule has 0 atom stereocenters. The van der Waals surface area contributed by atoms with E-state index in [1.165, 1.54) is 0 Å². The van der Waals surface area contributed by atoms with Crippen LogP contribution in [-0.4, -0.2) is 20.3 Å². The number of aromatic nitrogens is 3. The minimum absolute atomic E-state index is 0.0682. The largest absolute Gasteiger partial charge is 0.360 e. The Balaban J connectivity index is 1.71. The lowest BCUT2D eigenvalue weighted by atomic mass is 10.1. The van der Waals surface area contributed by atoms with Gasteiger partial charge in [-0.2, -0.15) is 5.26 Å². The zero-order valence-corrected chi connectivity index (χ0v) is 14.3. The molecule has 0 saturated heterocycles. The summed E-state index contributed by atoms with van der Waals surface area (Å²) in [5, 5.41) is 10.6. The molecule has 0 aliphatic carbocycles. The molecule has 4 rings (SSSR count). The third-order valence-electron chi connectivity index (χ3n) is 4.09. The maximum Gasteiger partial charge on any atom is 0.184 e. The number of nitriles is 1. The topological polar surface area (TPSA) is 74.5 Å². The average molecular weight is 369 g/mol. The fourth-order valence-corrected chi connectivity index (χ4v) is 3.16. The number of Topliss-reactive ketones (excluding diaryl/α,β-unsaturated/α-hetero) is 1. The van der Waals surface area contributed by atoms with Crippen LogP contribution >= 0.6 is 23.2 Å². The molecule has 0 radical (unpaired) electrons. The molecule has 0 amide bonds. The number of ketones is 1. The average Bonchev–Trinajstić information content (AvgIpc) is 3.19. The minimum atomic E-state index is -0.0682. The molecule has 7 heteroatoms. The zero-order chi connectivity index (χ0) is 17.6. The number of hydrogen-bond acceptors (Lipinski definition) is 3. The standard InChI is InChI=1S/C18H10Cl2N4O/c19-13-4-16-17(5-14(13)20)24(9-23-16)8-18(25)12-7-22-15-3-10(6-21)1-2-11(12)15/h1-5,7,9,22H,8H2. The zero-order valence-electron chi connectivity index (χ0n) is 12.8. The summed E-state index contributed by atoms with van der Waals surface area (Å²) >= 11 is 12.1. The third-order valence-corrected chi connectivity index (χ3v) is 4.81. The highest BCUT2D eigenvalue weighted by Gasteiger charge is 2.15.